The molecule has 0 fully saturated rings. The van der Waals surface area contributed by atoms with Gasteiger partial charge in [-0.2, -0.15) is 9.67 Å². The van der Waals surface area contributed by atoms with Crippen LogP contribution in [-0.4, -0.2) is 31.3 Å². The van der Waals surface area contributed by atoms with Gasteiger partial charge in [0.15, 0.2) is 5.82 Å². The minimum Gasteiger partial charge on any atom is -0.265 e. The fourth-order valence-corrected chi connectivity index (χ4v) is 2.27. The van der Waals surface area contributed by atoms with Gasteiger partial charge in [0.2, 0.25) is 5.17 Å². The van der Waals surface area contributed by atoms with Crippen molar-refractivity contribution in [3.8, 4) is 5.69 Å². The Bertz CT molecular complexity index is 796. The van der Waals surface area contributed by atoms with E-state index < -0.39 is 5.91 Å². The van der Waals surface area contributed by atoms with Crippen molar-refractivity contribution in [1.29, 1.82) is 0 Å². The third-order valence-electron chi connectivity index (χ3n) is 2.64. The summed E-state index contributed by atoms with van der Waals surface area (Å²) in [5.74, 6) is -0.0347. The summed E-state index contributed by atoms with van der Waals surface area (Å²) in [6, 6.07) is 5.76. The lowest BCUT2D eigenvalue weighted by Gasteiger charge is -2.05. The molecule has 0 saturated heterocycles. The molecular weight excluding hydrogens is 309 g/mol. The number of amides is 1. The van der Waals surface area contributed by atoms with E-state index in [9.17, 15) is 9.18 Å². The van der Waals surface area contributed by atoms with E-state index >= 15 is 0 Å². The molecule has 0 spiro atoms. The molecule has 0 atom stereocenters. The predicted molar refractivity (Wildman–Crippen MR) is 76.8 cm³/mol. The number of nitrogens with zero attached hydrogens (tertiary/aromatic N) is 7. The van der Waals surface area contributed by atoms with Crippen LogP contribution >= 0.6 is 11.8 Å². The Morgan fingerprint density at radius 1 is 1.23 bits per heavy atom. The summed E-state index contributed by atoms with van der Waals surface area (Å²) in [4.78, 5) is 15.1. The molecule has 2 heterocycles. The first-order chi connectivity index (χ1) is 10.6. The number of tetrazole rings is 1. The normalized spacial score (nSPS) is 14.3. The Hall–Kier alpha value is -2.75. The monoisotopic (exact) mass is 317 g/mol. The Kier molecular flexibility index (Phi) is 3.83. The number of azo groups is 1. The molecular formula is C12H8FN7OS. The highest BCUT2D eigenvalue weighted by molar-refractivity contribution is 8.13. The second-order valence-electron chi connectivity index (χ2n) is 4.12. The topological polar surface area (TPSA) is 97.8 Å². The minimum absolute atomic E-state index is 0.000459. The van der Waals surface area contributed by atoms with Crippen LogP contribution in [0.3, 0.4) is 0 Å². The van der Waals surface area contributed by atoms with Crippen LogP contribution in [0.1, 0.15) is 5.82 Å². The molecule has 3 rings (SSSR count). The number of amidine groups is 1. The lowest BCUT2D eigenvalue weighted by atomic mass is 10.3. The van der Waals surface area contributed by atoms with Crippen LogP contribution in [0.4, 0.5) is 4.39 Å². The lowest BCUT2D eigenvalue weighted by Crippen LogP contribution is -2.06. The van der Waals surface area contributed by atoms with Gasteiger partial charge in [-0.1, -0.05) is 18.3 Å². The van der Waals surface area contributed by atoms with Crippen molar-refractivity contribution in [2.24, 2.45) is 15.2 Å². The van der Waals surface area contributed by atoms with E-state index in [1.54, 1.807) is 12.1 Å². The molecule has 110 valence electrons. The van der Waals surface area contributed by atoms with Crippen LogP contribution in [0.2, 0.25) is 0 Å². The predicted octanol–water partition coefficient (Wildman–Crippen LogP) is 1.90. The van der Waals surface area contributed by atoms with Gasteiger partial charge in [-0.15, -0.1) is 15.3 Å². The summed E-state index contributed by atoms with van der Waals surface area (Å²) in [6.45, 7) is 3.41. The van der Waals surface area contributed by atoms with E-state index in [4.69, 9.17) is 0 Å². The van der Waals surface area contributed by atoms with Crippen molar-refractivity contribution in [3.05, 3.63) is 48.2 Å². The molecule has 0 unspecified atom stereocenters. The highest BCUT2D eigenvalue weighted by Gasteiger charge is 2.15. The van der Waals surface area contributed by atoms with Gasteiger partial charge < -0.3 is 0 Å². The number of hydrogen-bond donors (Lipinski definition) is 0. The number of benzene rings is 1. The summed E-state index contributed by atoms with van der Waals surface area (Å²) < 4.78 is 14.4. The number of aromatic nitrogens is 4. The Labute approximate surface area is 127 Å². The summed E-state index contributed by atoms with van der Waals surface area (Å²) in [7, 11) is 0. The first-order valence-corrected chi connectivity index (χ1v) is 7.02. The van der Waals surface area contributed by atoms with E-state index in [2.05, 4.69) is 37.3 Å². The Balaban J connectivity index is 1.75. The molecule has 0 radical (unpaired) electrons. The molecule has 0 aliphatic carbocycles. The number of hydrogen-bond acceptors (Lipinski definition) is 7. The van der Waals surface area contributed by atoms with Crippen LogP contribution in [0.5, 0.6) is 0 Å². The molecule has 0 bridgehead atoms. The average Bonchev–Trinajstić information content (AvgIpc) is 2.98. The van der Waals surface area contributed by atoms with Crippen LogP contribution in [0.25, 0.3) is 5.69 Å². The zero-order valence-electron chi connectivity index (χ0n) is 11.0. The van der Waals surface area contributed by atoms with Gasteiger partial charge in [-0.05, 0) is 34.7 Å². The second-order valence-corrected chi connectivity index (χ2v) is 5.06. The van der Waals surface area contributed by atoms with Crippen molar-refractivity contribution in [2.75, 3.05) is 0 Å². The van der Waals surface area contributed by atoms with Gasteiger partial charge in [-0.25, -0.2) is 4.39 Å². The highest BCUT2D eigenvalue weighted by Crippen LogP contribution is 2.19. The average molecular weight is 317 g/mol. The fraction of sp³-hybridized carbons (Fsp3) is 0.0833. The molecule has 1 amide bonds. The molecule has 1 aromatic heterocycles. The fourth-order valence-electron chi connectivity index (χ4n) is 1.59. The smallest absolute Gasteiger partial charge is 0.265 e. The van der Waals surface area contributed by atoms with Crippen molar-refractivity contribution < 1.29 is 9.18 Å². The van der Waals surface area contributed by atoms with E-state index in [0.29, 0.717) is 17.3 Å². The first-order valence-electron chi connectivity index (χ1n) is 6.03. The summed E-state index contributed by atoms with van der Waals surface area (Å²) >= 11 is 1.16. The van der Waals surface area contributed by atoms with E-state index in [1.165, 1.54) is 16.8 Å². The van der Waals surface area contributed by atoms with E-state index in [0.717, 1.165) is 11.8 Å². The Morgan fingerprint density at radius 3 is 2.73 bits per heavy atom. The SMILES string of the molecule is C=C1N=NC(SCc2nnnn2-c2ccc(F)cc2)=NC1=O. The maximum atomic E-state index is 12.9. The second kappa shape index (κ2) is 5.93. The van der Waals surface area contributed by atoms with Crippen LogP contribution in [0.15, 0.2) is 51.8 Å². The number of rotatable bonds is 3. The third kappa shape index (κ3) is 2.96. The molecule has 8 nitrogen and oxygen atoms in total. The van der Waals surface area contributed by atoms with Crippen LogP contribution in [0, 0.1) is 5.82 Å². The molecule has 1 aliphatic heterocycles. The van der Waals surface area contributed by atoms with E-state index in [1.807, 2.05) is 0 Å². The number of carbonyl (C=O) groups excluding carboxylic acids is 1. The quantitative estimate of drug-likeness (QED) is 0.805. The molecule has 22 heavy (non-hydrogen) atoms. The standard InChI is InChI=1S/C12H8FN7OS/c1-7-11(21)14-12(17-15-7)22-6-10-16-18-19-20(10)9-4-2-8(13)3-5-9/h2-5H,1,6H2. The lowest BCUT2D eigenvalue weighted by molar-refractivity contribution is -0.114. The number of thioether (sulfide) groups is 1. The van der Waals surface area contributed by atoms with Crippen molar-refractivity contribution >= 4 is 22.8 Å². The zero-order valence-corrected chi connectivity index (χ0v) is 11.9. The maximum Gasteiger partial charge on any atom is 0.299 e. The van der Waals surface area contributed by atoms with Gasteiger partial charge >= 0.3 is 0 Å². The maximum absolute atomic E-state index is 12.9. The molecule has 10 heteroatoms. The summed E-state index contributed by atoms with van der Waals surface area (Å²) in [5, 5.41) is 18.9. The van der Waals surface area contributed by atoms with Gasteiger partial charge in [0.1, 0.15) is 11.5 Å². The van der Waals surface area contributed by atoms with Crippen molar-refractivity contribution in [1.82, 2.24) is 20.2 Å². The first kappa shape index (κ1) is 14.2. The third-order valence-corrected chi connectivity index (χ3v) is 3.47. The molecule has 1 aromatic carbocycles. The van der Waals surface area contributed by atoms with Gasteiger partial charge in [0.05, 0.1) is 11.4 Å². The molecule has 0 N–H and O–H groups in total. The molecule has 1 aliphatic rings. The molecule has 0 saturated carbocycles. The van der Waals surface area contributed by atoms with E-state index in [-0.39, 0.29) is 16.7 Å². The number of aliphatic imine (C=N–C) groups is 1. The molecule has 2 aromatic rings. The van der Waals surface area contributed by atoms with Crippen molar-refractivity contribution in [2.45, 2.75) is 5.75 Å². The number of carbonyl (C=O) groups is 1. The van der Waals surface area contributed by atoms with Crippen LogP contribution < -0.4 is 0 Å². The summed E-state index contributed by atoms with van der Waals surface area (Å²) in [5.41, 5.74) is 0.624. The largest absolute Gasteiger partial charge is 0.299 e. The Morgan fingerprint density at radius 2 is 2.00 bits per heavy atom. The summed E-state index contributed by atoms with van der Waals surface area (Å²) in [6.07, 6.45) is 0. The zero-order chi connectivity index (χ0) is 15.5. The highest BCUT2D eigenvalue weighted by atomic mass is 32.2. The van der Waals surface area contributed by atoms with Crippen molar-refractivity contribution in [3.63, 3.8) is 0 Å². The van der Waals surface area contributed by atoms with Gasteiger partial charge in [-0.3, -0.25) is 4.79 Å². The minimum atomic E-state index is -0.518. The number of halogens is 1. The van der Waals surface area contributed by atoms with Crippen LogP contribution in [-0.2, 0) is 10.5 Å². The van der Waals surface area contributed by atoms with Gasteiger partial charge in [0, 0.05) is 0 Å². The van der Waals surface area contributed by atoms with Gasteiger partial charge in [0.25, 0.3) is 5.91 Å².